The van der Waals surface area contributed by atoms with Gasteiger partial charge in [0.1, 0.15) is 6.61 Å². The topological polar surface area (TPSA) is 87.7 Å². The third-order valence-corrected chi connectivity index (χ3v) is 5.27. The van der Waals surface area contributed by atoms with E-state index in [0.29, 0.717) is 18.4 Å². The number of amides is 3. The molecule has 152 valence electrons. The molecule has 1 aliphatic heterocycles. The lowest BCUT2D eigenvalue weighted by molar-refractivity contribution is -0.134. The molecule has 28 heavy (non-hydrogen) atoms. The van der Waals surface area contributed by atoms with E-state index in [1.807, 2.05) is 35.2 Å². The van der Waals surface area contributed by atoms with E-state index in [9.17, 15) is 14.4 Å². The molecule has 0 unspecified atom stereocenters. The average molecular weight is 387 g/mol. The molecule has 1 heterocycles. The second kappa shape index (κ2) is 10.1. The second-order valence-electron chi connectivity index (χ2n) is 7.59. The maximum atomic E-state index is 12.0. The van der Waals surface area contributed by atoms with E-state index in [4.69, 9.17) is 4.74 Å². The number of likely N-dealkylation sites (tertiary alicyclic amines) is 1. The molecule has 0 bridgehead atoms. The van der Waals surface area contributed by atoms with Gasteiger partial charge in [0.05, 0.1) is 0 Å². The van der Waals surface area contributed by atoms with Gasteiger partial charge in [0.25, 0.3) is 0 Å². The molecule has 3 rings (SSSR count). The first-order valence-corrected chi connectivity index (χ1v) is 10.1. The Hall–Kier alpha value is -2.57. The van der Waals surface area contributed by atoms with Crippen LogP contribution in [0.4, 0.5) is 4.79 Å². The minimum atomic E-state index is -0.524. The Morgan fingerprint density at radius 2 is 1.71 bits per heavy atom. The van der Waals surface area contributed by atoms with Crippen LogP contribution in [0.2, 0.25) is 0 Å². The monoisotopic (exact) mass is 387 g/mol. The number of rotatable bonds is 8. The van der Waals surface area contributed by atoms with Crippen molar-refractivity contribution in [2.24, 2.45) is 11.8 Å². The molecule has 2 aliphatic rings. The molecule has 2 N–H and O–H groups in total. The Labute approximate surface area is 165 Å². The van der Waals surface area contributed by atoms with Gasteiger partial charge < -0.3 is 20.3 Å². The first-order valence-electron chi connectivity index (χ1n) is 10.1. The van der Waals surface area contributed by atoms with Crippen LogP contribution in [0.25, 0.3) is 0 Å². The summed E-state index contributed by atoms with van der Waals surface area (Å²) >= 11 is 0. The van der Waals surface area contributed by atoms with Crippen molar-refractivity contribution in [3.05, 3.63) is 35.9 Å². The Morgan fingerprint density at radius 3 is 2.39 bits per heavy atom. The van der Waals surface area contributed by atoms with Crippen LogP contribution < -0.4 is 10.6 Å². The number of carbonyl (C=O) groups excluding carboxylic acids is 3. The summed E-state index contributed by atoms with van der Waals surface area (Å²) in [5.74, 6) is 0.923. The molecule has 1 aromatic carbocycles. The van der Waals surface area contributed by atoms with Crippen molar-refractivity contribution in [1.29, 1.82) is 0 Å². The summed E-state index contributed by atoms with van der Waals surface area (Å²) in [6, 6.07) is 9.44. The molecule has 2 fully saturated rings. The van der Waals surface area contributed by atoms with Gasteiger partial charge in [0, 0.05) is 38.5 Å². The van der Waals surface area contributed by atoms with Gasteiger partial charge in [-0.15, -0.1) is 0 Å². The summed E-state index contributed by atoms with van der Waals surface area (Å²) in [7, 11) is 0. The number of nitrogens with one attached hydrogen (secondary N) is 2. The average Bonchev–Trinajstić information content (AvgIpc) is 3.57. The third-order valence-electron chi connectivity index (χ3n) is 5.27. The Balaban J connectivity index is 1.22. The molecule has 1 aromatic rings. The minimum absolute atomic E-state index is 0.0835. The van der Waals surface area contributed by atoms with E-state index < -0.39 is 6.09 Å². The van der Waals surface area contributed by atoms with Crippen molar-refractivity contribution >= 4 is 17.9 Å². The van der Waals surface area contributed by atoms with E-state index in [2.05, 4.69) is 10.6 Å². The van der Waals surface area contributed by atoms with Crippen molar-refractivity contribution in [3.8, 4) is 0 Å². The van der Waals surface area contributed by atoms with Crippen molar-refractivity contribution in [2.45, 2.75) is 38.7 Å². The van der Waals surface area contributed by atoms with Crippen molar-refractivity contribution in [2.75, 3.05) is 26.2 Å². The lowest BCUT2D eigenvalue weighted by Gasteiger charge is -2.32. The molecule has 0 atom stereocenters. The normalized spacial score (nSPS) is 17.1. The molecule has 1 saturated heterocycles. The van der Waals surface area contributed by atoms with Crippen LogP contribution in [0.15, 0.2) is 30.3 Å². The summed E-state index contributed by atoms with van der Waals surface area (Å²) in [6.45, 7) is 2.67. The fraction of sp³-hybridized carbons (Fsp3) is 0.571. The Bertz CT molecular complexity index is 667. The zero-order valence-electron chi connectivity index (χ0n) is 16.2. The lowest BCUT2D eigenvalue weighted by atomic mass is 9.96. The van der Waals surface area contributed by atoms with Gasteiger partial charge >= 0.3 is 6.09 Å². The standard InChI is InChI=1S/C21H29N3O4/c25-19(8-11-22-21(27)28-15-17-4-2-1-3-5-17)23-14-16-9-12-24(13-10-16)20(26)18-6-7-18/h1-5,16,18H,6-15H2,(H,22,27)(H,23,25). The largest absolute Gasteiger partial charge is 0.445 e. The summed E-state index contributed by atoms with van der Waals surface area (Å²) < 4.78 is 5.10. The molecule has 0 radical (unpaired) electrons. The van der Waals surface area contributed by atoms with Gasteiger partial charge in [-0.2, -0.15) is 0 Å². The maximum Gasteiger partial charge on any atom is 0.407 e. The molecule has 0 aromatic heterocycles. The number of piperidine rings is 1. The summed E-state index contributed by atoms with van der Waals surface area (Å²) in [5.41, 5.74) is 0.917. The number of carbonyl (C=O) groups is 3. The molecule has 1 aliphatic carbocycles. The van der Waals surface area contributed by atoms with Crippen molar-refractivity contribution in [3.63, 3.8) is 0 Å². The number of hydrogen-bond acceptors (Lipinski definition) is 4. The van der Waals surface area contributed by atoms with Crippen LogP contribution >= 0.6 is 0 Å². The molecular weight excluding hydrogens is 358 g/mol. The van der Waals surface area contributed by atoms with E-state index in [1.165, 1.54) is 0 Å². The molecule has 3 amide bonds. The molecule has 7 nitrogen and oxygen atoms in total. The molecule has 7 heteroatoms. The zero-order chi connectivity index (χ0) is 19.8. The number of hydrogen-bond donors (Lipinski definition) is 2. The highest BCUT2D eigenvalue weighted by Crippen LogP contribution is 2.32. The number of benzene rings is 1. The summed E-state index contributed by atoms with van der Waals surface area (Å²) in [6.07, 6.45) is 3.65. The highest BCUT2D eigenvalue weighted by Gasteiger charge is 2.34. The van der Waals surface area contributed by atoms with Crippen LogP contribution in [0.5, 0.6) is 0 Å². The van der Waals surface area contributed by atoms with E-state index in [1.54, 1.807) is 0 Å². The van der Waals surface area contributed by atoms with Gasteiger partial charge in [-0.25, -0.2) is 4.79 Å². The fourth-order valence-electron chi connectivity index (χ4n) is 3.34. The summed E-state index contributed by atoms with van der Waals surface area (Å²) in [4.78, 5) is 37.6. The Kier molecular flexibility index (Phi) is 7.28. The first-order chi connectivity index (χ1) is 13.6. The molecule has 0 spiro atoms. The van der Waals surface area contributed by atoms with Gasteiger partial charge in [0.2, 0.25) is 11.8 Å². The number of nitrogens with zero attached hydrogens (tertiary/aromatic N) is 1. The zero-order valence-corrected chi connectivity index (χ0v) is 16.2. The number of ether oxygens (including phenoxy) is 1. The van der Waals surface area contributed by atoms with Crippen LogP contribution in [0, 0.1) is 11.8 Å². The van der Waals surface area contributed by atoms with Crippen LogP contribution in [0.1, 0.15) is 37.7 Å². The number of alkyl carbamates (subject to hydrolysis) is 1. The Morgan fingerprint density at radius 1 is 1.00 bits per heavy atom. The summed E-state index contributed by atoms with van der Waals surface area (Å²) in [5, 5.41) is 5.52. The van der Waals surface area contributed by atoms with E-state index in [-0.39, 0.29) is 31.4 Å². The van der Waals surface area contributed by atoms with Crippen LogP contribution in [-0.4, -0.2) is 49.0 Å². The third kappa shape index (κ3) is 6.55. The lowest BCUT2D eigenvalue weighted by Crippen LogP contribution is -2.42. The van der Waals surface area contributed by atoms with Gasteiger partial charge in [-0.3, -0.25) is 9.59 Å². The predicted molar refractivity (Wildman–Crippen MR) is 104 cm³/mol. The maximum absolute atomic E-state index is 12.0. The smallest absolute Gasteiger partial charge is 0.407 e. The van der Waals surface area contributed by atoms with Gasteiger partial charge in [-0.1, -0.05) is 30.3 Å². The highest BCUT2D eigenvalue weighted by molar-refractivity contribution is 5.81. The van der Waals surface area contributed by atoms with Crippen LogP contribution in [0.3, 0.4) is 0 Å². The van der Waals surface area contributed by atoms with E-state index in [0.717, 1.165) is 44.3 Å². The molecular formula is C21H29N3O4. The quantitative estimate of drug-likeness (QED) is 0.715. The second-order valence-corrected chi connectivity index (χ2v) is 7.59. The molecule has 1 saturated carbocycles. The first kappa shape index (κ1) is 20.2. The van der Waals surface area contributed by atoms with Gasteiger partial charge in [0.15, 0.2) is 0 Å². The highest BCUT2D eigenvalue weighted by atomic mass is 16.5. The van der Waals surface area contributed by atoms with E-state index >= 15 is 0 Å². The SMILES string of the molecule is O=C(CCNC(=O)OCc1ccccc1)NCC1CCN(C(=O)C2CC2)CC1. The minimum Gasteiger partial charge on any atom is -0.445 e. The van der Waals surface area contributed by atoms with Crippen LogP contribution in [-0.2, 0) is 20.9 Å². The predicted octanol–water partition coefficient (Wildman–Crippen LogP) is 2.07. The van der Waals surface area contributed by atoms with Gasteiger partial charge in [-0.05, 0) is 37.2 Å². The van der Waals surface area contributed by atoms with Crippen molar-refractivity contribution in [1.82, 2.24) is 15.5 Å². The van der Waals surface area contributed by atoms with Crippen molar-refractivity contribution < 1.29 is 19.1 Å². The fourth-order valence-corrected chi connectivity index (χ4v) is 3.34.